The van der Waals surface area contributed by atoms with E-state index in [1.165, 1.54) is 35.6 Å². The van der Waals surface area contributed by atoms with Crippen LogP contribution in [0, 0.1) is 5.82 Å². The molecule has 2 aromatic heterocycles. The summed E-state index contributed by atoms with van der Waals surface area (Å²) < 4.78 is 18.8. The zero-order valence-corrected chi connectivity index (χ0v) is 13.5. The van der Waals surface area contributed by atoms with Crippen molar-refractivity contribution in [1.82, 2.24) is 4.98 Å². The molecule has 5 nitrogen and oxygen atoms in total. The molecule has 0 saturated carbocycles. The van der Waals surface area contributed by atoms with Crippen LogP contribution in [0.25, 0.3) is 22.1 Å². The summed E-state index contributed by atoms with van der Waals surface area (Å²) >= 11 is 1.31. The largest absolute Gasteiger partial charge is 0.481 e. The zero-order valence-electron chi connectivity index (χ0n) is 12.7. The average molecular weight is 347 g/mol. The number of carbonyl (C=O) groups is 1. The lowest BCUT2D eigenvalue weighted by molar-refractivity contribution is -0.136. The van der Waals surface area contributed by atoms with Gasteiger partial charge in [-0.05, 0) is 43.3 Å². The van der Waals surface area contributed by atoms with Crippen LogP contribution >= 0.6 is 11.3 Å². The Hall–Kier alpha value is -2.51. The first kappa shape index (κ1) is 16.4. The Morgan fingerprint density at radius 1 is 1.29 bits per heavy atom. The van der Waals surface area contributed by atoms with E-state index < -0.39 is 12.1 Å². The van der Waals surface area contributed by atoms with Gasteiger partial charge in [0, 0.05) is 10.4 Å². The summed E-state index contributed by atoms with van der Waals surface area (Å²) in [5.74, 6) is -0.819. The fraction of sp³-hybridized carbons (Fsp3) is 0.176. The van der Waals surface area contributed by atoms with Gasteiger partial charge in [-0.3, -0.25) is 4.79 Å². The first-order valence-corrected chi connectivity index (χ1v) is 8.01. The standard InChI is InChI=1S/C17H14FNO4S/c1-9(20)13-6-7-14(24-13)16-12(8-15(21)22)19-17(23-16)10-2-4-11(18)5-3-10/h2-7,9,20H,8H2,1H3,(H,21,22). The normalized spacial score (nSPS) is 12.3. The lowest BCUT2D eigenvalue weighted by atomic mass is 10.2. The van der Waals surface area contributed by atoms with Gasteiger partial charge in [-0.15, -0.1) is 11.3 Å². The van der Waals surface area contributed by atoms with Crippen LogP contribution in [0.4, 0.5) is 4.39 Å². The predicted molar refractivity (Wildman–Crippen MR) is 87.2 cm³/mol. The lowest BCUT2D eigenvalue weighted by Gasteiger charge is -1.98. The highest BCUT2D eigenvalue weighted by Gasteiger charge is 2.20. The van der Waals surface area contributed by atoms with Gasteiger partial charge in [-0.1, -0.05) is 0 Å². The molecule has 7 heteroatoms. The van der Waals surface area contributed by atoms with Gasteiger partial charge < -0.3 is 14.6 Å². The second-order valence-corrected chi connectivity index (χ2v) is 6.37. The maximum Gasteiger partial charge on any atom is 0.309 e. The summed E-state index contributed by atoms with van der Waals surface area (Å²) in [5, 5.41) is 18.7. The number of hydrogen-bond donors (Lipinski definition) is 2. The molecule has 0 radical (unpaired) electrons. The van der Waals surface area contributed by atoms with Crippen molar-refractivity contribution in [3.8, 4) is 22.1 Å². The Labute approximate surface area is 141 Å². The number of aliphatic hydroxyl groups excluding tert-OH is 1. The molecule has 1 unspecified atom stereocenters. The van der Waals surface area contributed by atoms with Crippen molar-refractivity contribution in [1.29, 1.82) is 0 Å². The summed E-state index contributed by atoms with van der Waals surface area (Å²) in [4.78, 5) is 16.8. The number of thiophene rings is 1. The third-order valence-electron chi connectivity index (χ3n) is 3.37. The molecule has 1 aromatic carbocycles. The van der Waals surface area contributed by atoms with Crippen LogP contribution < -0.4 is 0 Å². The van der Waals surface area contributed by atoms with Crippen LogP contribution in [-0.2, 0) is 11.2 Å². The zero-order chi connectivity index (χ0) is 17.3. The van der Waals surface area contributed by atoms with Gasteiger partial charge in [0.2, 0.25) is 5.89 Å². The topological polar surface area (TPSA) is 83.6 Å². The van der Waals surface area contributed by atoms with E-state index in [1.807, 2.05) is 0 Å². The van der Waals surface area contributed by atoms with Gasteiger partial charge in [0.05, 0.1) is 23.1 Å². The Morgan fingerprint density at radius 2 is 2.00 bits per heavy atom. The highest BCUT2D eigenvalue weighted by atomic mass is 32.1. The summed E-state index contributed by atoms with van der Waals surface area (Å²) in [6.45, 7) is 1.65. The van der Waals surface area contributed by atoms with Crippen molar-refractivity contribution in [2.24, 2.45) is 0 Å². The van der Waals surface area contributed by atoms with Crippen LogP contribution in [0.2, 0.25) is 0 Å². The molecule has 124 valence electrons. The number of aromatic nitrogens is 1. The number of hydrogen-bond acceptors (Lipinski definition) is 5. The SMILES string of the molecule is CC(O)c1ccc(-c2oc(-c3ccc(F)cc3)nc2CC(=O)O)s1. The van der Waals surface area contributed by atoms with Crippen molar-refractivity contribution in [2.75, 3.05) is 0 Å². The molecule has 0 aliphatic rings. The molecule has 0 saturated heterocycles. The summed E-state index contributed by atoms with van der Waals surface area (Å²) in [6, 6.07) is 9.12. The average Bonchev–Trinajstić information content (AvgIpc) is 3.14. The molecule has 0 spiro atoms. The van der Waals surface area contributed by atoms with Gasteiger partial charge in [0.15, 0.2) is 5.76 Å². The monoisotopic (exact) mass is 347 g/mol. The van der Waals surface area contributed by atoms with E-state index in [2.05, 4.69) is 4.98 Å². The number of aliphatic carboxylic acids is 1. The quantitative estimate of drug-likeness (QED) is 0.731. The number of carboxylic acids is 1. The van der Waals surface area contributed by atoms with Crippen LogP contribution in [0.5, 0.6) is 0 Å². The summed E-state index contributed by atoms with van der Waals surface area (Å²) in [6.07, 6.45) is -0.909. The molecule has 0 aliphatic heterocycles. The van der Waals surface area contributed by atoms with E-state index in [0.29, 0.717) is 21.9 Å². The fourth-order valence-corrected chi connectivity index (χ4v) is 3.17. The highest BCUT2D eigenvalue weighted by Crippen LogP contribution is 2.36. The maximum atomic E-state index is 13.1. The number of oxazole rings is 1. The van der Waals surface area contributed by atoms with Crippen molar-refractivity contribution in [2.45, 2.75) is 19.4 Å². The maximum absolute atomic E-state index is 13.1. The molecule has 0 aliphatic carbocycles. The molecule has 2 N–H and O–H groups in total. The minimum atomic E-state index is -1.03. The minimum Gasteiger partial charge on any atom is -0.481 e. The Bertz CT molecular complexity index is 867. The Morgan fingerprint density at radius 3 is 2.58 bits per heavy atom. The molecule has 24 heavy (non-hydrogen) atoms. The molecular weight excluding hydrogens is 333 g/mol. The van der Waals surface area contributed by atoms with Crippen molar-refractivity contribution in [3.05, 3.63) is 52.8 Å². The smallest absolute Gasteiger partial charge is 0.309 e. The molecular formula is C17H14FNO4S. The second kappa shape index (κ2) is 6.54. The number of benzene rings is 1. The van der Waals surface area contributed by atoms with Gasteiger partial charge >= 0.3 is 5.97 Å². The molecule has 0 fully saturated rings. The Kier molecular flexibility index (Phi) is 4.46. The van der Waals surface area contributed by atoms with Crippen molar-refractivity contribution < 1.29 is 23.8 Å². The van der Waals surface area contributed by atoms with E-state index in [1.54, 1.807) is 19.1 Å². The summed E-state index contributed by atoms with van der Waals surface area (Å²) in [5.41, 5.74) is 0.849. The van der Waals surface area contributed by atoms with Gasteiger partial charge in [-0.25, -0.2) is 9.37 Å². The molecule has 0 bridgehead atoms. The van der Waals surface area contributed by atoms with Gasteiger partial charge in [-0.2, -0.15) is 0 Å². The third kappa shape index (κ3) is 3.37. The van der Waals surface area contributed by atoms with E-state index in [-0.39, 0.29) is 18.1 Å². The number of rotatable bonds is 5. The van der Waals surface area contributed by atoms with Crippen LogP contribution in [-0.4, -0.2) is 21.2 Å². The van der Waals surface area contributed by atoms with Crippen LogP contribution in [0.3, 0.4) is 0 Å². The molecule has 1 atom stereocenters. The summed E-state index contributed by atoms with van der Waals surface area (Å²) in [7, 11) is 0. The van der Waals surface area contributed by atoms with E-state index in [4.69, 9.17) is 9.52 Å². The third-order valence-corrected chi connectivity index (χ3v) is 4.62. The number of nitrogens with zero attached hydrogens (tertiary/aromatic N) is 1. The van der Waals surface area contributed by atoms with Gasteiger partial charge in [0.1, 0.15) is 5.82 Å². The van der Waals surface area contributed by atoms with Crippen molar-refractivity contribution in [3.63, 3.8) is 0 Å². The first-order valence-electron chi connectivity index (χ1n) is 7.19. The first-order chi connectivity index (χ1) is 11.4. The molecule has 2 heterocycles. The molecule has 3 aromatic rings. The molecule has 3 rings (SSSR count). The van der Waals surface area contributed by atoms with Crippen LogP contribution in [0.15, 0.2) is 40.8 Å². The van der Waals surface area contributed by atoms with Crippen LogP contribution in [0.1, 0.15) is 23.6 Å². The predicted octanol–water partition coefficient (Wildman–Crippen LogP) is 3.89. The lowest BCUT2D eigenvalue weighted by Crippen LogP contribution is -2.01. The Balaban J connectivity index is 2.05. The van der Waals surface area contributed by atoms with Gasteiger partial charge in [0.25, 0.3) is 0 Å². The number of aliphatic hydroxyl groups is 1. The van der Waals surface area contributed by atoms with E-state index >= 15 is 0 Å². The number of carboxylic acid groups (broad SMARTS) is 1. The number of halogens is 1. The van der Waals surface area contributed by atoms with E-state index in [9.17, 15) is 14.3 Å². The fourth-order valence-electron chi connectivity index (χ4n) is 2.22. The minimum absolute atomic E-state index is 0.230. The van der Waals surface area contributed by atoms with Crippen molar-refractivity contribution >= 4 is 17.3 Å². The van der Waals surface area contributed by atoms with E-state index in [0.717, 1.165) is 4.88 Å². The highest BCUT2D eigenvalue weighted by molar-refractivity contribution is 7.15. The second-order valence-electron chi connectivity index (χ2n) is 5.25. The molecule has 0 amide bonds.